The first-order valence-corrected chi connectivity index (χ1v) is 11.7. The van der Waals surface area contributed by atoms with Crippen LogP contribution < -0.4 is 10.9 Å². The Morgan fingerprint density at radius 2 is 1.78 bits per heavy atom. The lowest BCUT2D eigenvalue weighted by Crippen LogP contribution is -2.46. The molecule has 1 aliphatic heterocycles. The van der Waals surface area contributed by atoms with Gasteiger partial charge in [0.15, 0.2) is 0 Å². The summed E-state index contributed by atoms with van der Waals surface area (Å²) in [4.78, 5) is 33.0. The second-order valence-electron chi connectivity index (χ2n) is 7.75. The van der Waals surface area contributed by atoms with E-state index in [2.05, 4.69) is 10.3 Å². The van der Waals surface area contributed by atoms with Crippen molar-refractivity contribution in [2.75, 3.05) is 26.2 Å². The highest BCUT2D eigenvalue weighted by Crippen LogP contribution is 2.31. The molecule has 3 heterocycles. The summed E-state index contributed by atoms with van der Waals surface area (Å²) in [7, 11) is 0. The number of hydrogen-bond acceptors (Lipinski definition) is 5. The third-order valence-electron chi connectivity index (χ3n) is 5.67. The van der Waals surface area contributed by atoms with Crippen molar-refractivity contribution < 1.29 is 4.79 Å². The highest BCUT2D eigenvalue weighted by atomic mass is 35.5. The van der Waals surface area contributed by atoms with Gasteiger partial charge < -0.3 is 10.2 Å². The fourth-order valence-electron chi connectivity index (χ4n) is 3.92. The van der Waals surface area contributed by atoms with Crippen LogP contribution in [0.25, 0.3) is 21.3 Å². The molecule has 1 amide bonds. The van der Waals surface area contributed by atoms with Gasteiger partial charge in [0.2, 0.25) is 0 Å². The van der Waals surface area contributed by atoms with E-state index < -0.39 is 0 Å². The van der Waals surface area contributed by atoms with E-state index >= 15 is 0 Å². The molecule has 6 nitrogen and oxygen atoms in total. The molecule has 0 saturated carbocycles. The molecule has 162 valence electrons. The van der Waals surface area contributed by atoms with Gasteiger partial charge in [-0.3, -0.25) is 14.2 Å². The fourth-order valence-corrected chi connectivity index (χ4v) is 4.95. The number of fused-ring (bicyclic) bond motifs is 1. The quantitative estimate of drug-likeness (QED) is 0.498. The average molecular weight is 465 g/mol. The summed E-state index contributed by atoms with van der Waals surface area (Å²) in [5, 5.41) is 6.49. The Balaban J connectivity index is 1.41. The first-order valence-electron chi connectivity index (χ1n) is 10.4. The summed E-state index contributed by atoms with van der Waals surface area (Å²) >= 11 is 7.47. The van der Waals surface area contributed by atoms with Crippen molar-refractivity contribution >= 4 is 39.1 Å². The Hall–Kier alpha value is -3.00. The van der Waals surface area contributed by atoms with Crippen molar-refractivity contribution in [2.24, 2.45) is 0 Å². The Morgan fingerprint density at radius 1 is 1.06 bits per heavy atom. The third kappa shape index (κ3) is 4.07. The monoisotopic (exact) mass is 464 g/mol. The van der Waals surface area contributed by atoms with Gasteiger partial charge >= 0.3 is 0 Å². The highest BCUT2D eigenvalue weighted by Gasteiger charge is 2.18. The maximum absolute atomic E-state index is 13.3. The molecule has 0 bridgehead atoms. The van der Waals surface area contributed by atoms with E-state index in [0.717, 1.165) is 42.9 Å². The summed E-state index contributed by atoms with van der Waals surface area (Å²) in [6, 6.07) is 14.9. The molecule has 8 heteroatoms. The van der Waals surface area contributed by atoms with Crippen LogP contribution in [0.4, 0.5) is 0 Å². The van der Waals surface area contributed by atoms with Crippen LogP contribution in [0.5, 0.6) is 0 Å². The fraction of sp³-hybridized carbons (Fsp3) is 0.208. The molecule has 2 aromatic heterocycles. The molecule has 4 aromatic rings. The van der Waals surface area contributed by atoms with Gasteiger partial charge in [-0.05, 0) is 35.4 Å². The summed E-state index contributed by atoms with van der Waals surface area (Å²) in [5.41, 5.74) is 3.33. The molecule has 0 aliphatic carbocycles. The first-order chi connectivity index (χ1) is 15.6. The van der Waals surface area contributed by atoms with Crippen LogP contribution in [0.2, 0.25) is 5.02 Å². The van der Waals surface area contributed by atoms with E-state index in [-0.39, 0.29) is 11.5 Å². The minimum Gasteiger partial charge on any atom is -0.336 e. The van der Waals surface area contributed by atoms with Crippen molar-refractivity contribution in [2.45, 2.75) is 6.54 Å². The molecule has 1 aliphatic rings. The van der Waals surface area contributed by atoms with Gasteiger partial charge in [0.1, 0.15) is 4.83 Å². The van der Waals surface area contributed by atoms with E-state index in [0.29, 0.717) is 27.3 Å². The number of amides is 1. The van der Waals surface area contributed by atoms with E-state index in [4.69, 9.17) is 11.6 Å². The minimum absolute atomic E-state index is 0.0455. The van der Waals surface area contributed by atoms with Crippen molar-refractivity contribution in [3.8, 4) is 11.1 Å². The number of nitrogens with one attached hydrogen (secondary N) is 1. The number of hydrogen-bond donors (Lipinski definition) is 1. The topological polar surface area (TPSA) is 67.2 Å². The Labute approximate surface area is 194 Å². The number of benzene rings is 2. The highest BCUT2D eigenvalue weighted by molar-refractivity contribution is 7.17. The zero-order chi connectivity index (χ0) is 22.1. The predicted molar refractivity (Wildman–Crippen MR) is 129 cm³/mol. The van der Waals surface area contributed by atoms with E-state index in [1.165, 1.54) is 11.3 Å². The summed E-state index contributed by atoms with van der Waals surface area (Å²) in [6.07, 6.45) is 1.59. The van der Waals surface area contributed by atoms with Crippen LogP contribution >= 0.6 is 22.9 Å². The van der Waals surface area contributed by atoms with Gasteiger partial charge in [-0.1, -0.05) is 35.9 Å². The minimum atomic E-state index is -0.0813. The summed E-state index contributed by atoms with van der Waals surface area (Å²) < 4.78 is 1.61. The predicted octanol–water partition coefficient (Wildman–Crippen LogP) is 3.87. The van der Waals surface area contributed by atoms with Crippen LogP contribution in [0.3, 0.4) is 0 Å². The standard InChI is InChI=1S/C24H21ClN4O2S/c25-19-7-5-17(6-8-19)20-14-32-22-21(20)24(31)29(15-27-22)13-16-1-3-18(4-2-16)23(30)28-11-9-26-10-12-28/h1-8,14-15,26H,9-13H2. The number of aromatic nitrogens is 2. The third-order valence-corrected chi connectivity index (χ3v) is 6.81. The average Bonchev–Trinajstić information content (AvgIpc) is 3.27. The molecule has 1 saturated heterocycles. The summed E-state index contributed by atoms with van der Waals surface area (Å²) in [5.74, 6) is 0.0455. The van der Waals surface area contributed by atoms with E-state index in [1.54, 1.807) is 10.9 Å². The number of carbonyl (C=O) groups excluding carboxylic acids is 1. The van der Waals surface area contributed by atoms with Gasteiger partial charge in [0.05, 0.1) is 18.3 Å². The lowest BCUT2D eigenvalue weighted by molar-refractivity contribution is 0.0736. The van der Waals surface area contributed by atoms with Gasteiger partial charge in [-0.15, -0.1) is 11.3 Å². The second kappa shape index (κ2) is 8.86. The number of halogens is 1. The normalized spacial score (nSPS) is 14.1. The first kappa shape index (κ1) is 20.9. The second-order valence-corrected chi connectivity index (χ2v) is 9.05. The zero-order valence-electron chi connectivity index (χ0n) is 17.3. The van der Waals surface area contributed by atoms with Gasteiger partial charge in [-0.2, -0.15) is 0 Å². The van der Waals surface area contributed by atoms with Crippen LogP contribution in [0.1, 0.15) is 15.9 Å². The maximum atomic E-state index is 13.3. The number of carbonyl (C=O) groups is 1. The number of nitrogens with zero attached hydrogens (tertiary/aromatic N) is 3. The molecule has 2 aromatic carbocycles. The van der Waals surface area contributed by atoms with Crippen LogP contribution in [-0.2, 0) is 6.54 Å². The van der Waals surface area contributed by atoms with Crippen LogP contribution in [0, 0.1) is 0 Å². The van der Waals surface area contributed by atoms with E-state index in [1.807, 2.05) is 58.8 Å². The zero-order valence-corrected chi connectivity index (χ0v) is 18.8. The van der Waals surface area contributed by atoms with Crippen LogP contribution in [-0.4, -0.2) is 46.5 Å². The Kier molecular flexibility index (Phi) is 5.78. The molecule has 0 unspecified atom stereocenters. The number of piperazine rings is 1. The molecule has 32 heavy (non-hydrogen) atoms. The van der Waals surface area contributed by atoms with Crippen LogP contribution in [0.15, 0.2) is 65.0 Å². The molecule has 0 spiro atoms. The van der Waals surface area contributed by atoms with Gasteiger partial charge in [0.25, 0.3) is 11.5 Å². The van der Waals surface area contributed by atoms with Gasteiger partial charge in [-0.25, -0.2) is 4.98 Å². The lowest BCUT2D eigenvalue weighted by Gasteiger charge is -2.27. The number of thiophene rings is 1. The largest absolute Gasteiger partial charge is 0.336 e. The maximum Gasteiger partial charge on any atom is 0.263 e. The molecule has 1 fully saturated rings. The summed E-state index contributed by atoms with van der Waals surface area (Å²) in [6.45, 7) is 3.47. The smallest absolute Gasteiger partial charge is 0.263 e. The van der Waals surface area contributed by atoms with Crippen molar-refractivity contribution in [1.82, 2.24) is 19.8 Å². The Morgan fingerprint density at radius 3 is 2.50 bits per heavy atom. The van der Waals surface area contributed by atoms with Crippen molar-refractivity contribution in [3.05, 3.63) is 86.7 Å². The van der Waals surface area contributed by atoms with Gasteiger partial charge in [0, 0.05) is 47.7 Å². The molecule has 5 rings (SSSR count). The molecule has 0 atom stereocenters. The van der Waals surface area contributed by atoms with Crippen molar-refractivity contribution in [3.63, 3.8) is 0 Å². The Bertz CT molecular complexity index is 1320. The number of rotatable bonds is 4. The molecule has 1 N–H and O–H groups in total. The van der Waals surface area contributed by atoms with Crippen molar-refractivity contribution in [1.29, 1.82) is 0 Å². The SMILES string of the molecule is O=C(c1ccc(Cn2cnc3scc(-c4ccc(Cl)cc4)c3c2=O)cc1)N1CCNCC1. The lowest BCUT2D eigenvalue weighted by atomic mass is 10.1. The van der Waals surface area contributed by atoms with E-state index in [9.17, 15) is 9.59 Å². The molecule has 0 radical (unpaired) electrons. The molecular weight excluding hydrogens is 444 g/mol. The molecular formula is C24H21ClN4O2S.